The quantitative estimate of drug-likeness (QED) is 0.802. The van der Waals surface area contributed by atoms with Crippen LogP contribution in [0.4, 0.5) is 11.5 Å². The Morgan fingerprint density at radius 3 is 2.71 bits per heavy atom. The van der Waals surface area contributed by atoms with Gasteiger partial charge in [-0.3, -0.25) is 4.40 Å². The number of nitrogens with zero attached hydrogens (tertiary/aromatic N) is 3. The van der Waals surface area contributed by atoms with Crippen molar-refractivity contribution < 1.29 is 14.6 Å². The number of aromatic carboxylic acids is 1. The summed E-state index contributed by atoms with van der Waals surface area (Å²) in [4.78, 5) is 18.3. The molecule has 0 saturated heterocycles. The molecule has 0 fully saturated rings. The largest absolute Gasteiger partial charge is 0.497 e. The number of hydrogen-bond acceptors (Lipinski definition) is 5. The fraction of sp³-hybridized carbons (Fsp3) is 0.143. The lowest BCUT2D eigenvalue weighted by Crippen LogP contribution is -2.14. The molecule has 0 aliphatic rings. The molecule has 2 heterocycles. The van der Waals surface area contributed by atoms with Crippen LogP contribution in [0.25, 0.3) is 4.96 Å². The molecule has 3 rings (SSSR count). The molecule has 0 saturated carbocycles. The molecule has 0 amide bonds. The van der Waals surface area contributed by atoms with E-state index in [9.17, 15) is 9.90 Å². The van der Waals surface area contributed by atoms with Gasteiger partial charge in [-0.25, -0.2) is 9.78 Å². The minimum atomic E-state index is -1.00. The van der Waals surface area contributed by atoms with Gasteiger partial charge in [-0.2, -0.15) is 0 Å². The molecular weight excluding hydrogens is 290 g/mol. The Balaban J connectivity index is 2.07. The summed E-state index contributed by atoms with van der Waals surface area (Å²) in [5.41, 5.74) is 0.994. The third-order valence-corrected chi connectivity index (χ3v) is 3.98. The number of ether oxygens (including phenoxy) is 1. The van der Waals surface area contributed by atoms with Crippen LogP contribution >= 0.6 is 11.3 Å². The predicted octanol–water partition coefficient (Wildman–Crippen LogP) is 2.87. The number of benzene rings is 1. The number of methoxy groups -OCH3 is 1. The van der Waals surface area contributed by atoms with Crippen LogP contribution in [0.3, 0.4) is 0 Å². The maximum Gasteiger partial charge on any atom is 0.356 e. The average Bonchev–Trinajstić information content (AvgIpc) is 3.06. The van der Waals surface area contributed by atoms with Crippen molar-refractivity contribution in [3.8, 4) is 5.75 Å². The van der Waals surface area contributed by atoms with Crippen molar-refractivity contribution in [3.05, 3.63) is 41.5 Å². The first kappa shape index (κ1) is 13.4. The highest BCUT2D eigenvalue weighted by molar-refractivity contribution is 7.15. The fourth-order valence-electron chi connectivity index (χ4n) is 2.14. The highest BCUT2D eigenvalue weighted by atomic mass is 32.1. The minimum absolute atomic E-state index is 0.157. The molecule has 3 aromatic rings. The lowest BCUT2D eigenvalue weighted by molar-refractivity contribution is 0.0690. The molecule has 6 nitrogen and oxygen atoms in total. The van der Waals surface area contributed by atoms with Crippen molar-refractivity contribution >= 4 is 33.8 Å². The van der Waals surface area contributed by atoms with Crippen molar-refractivity contribution in [2.75, 3.05) is 19.1 Å². The molecular formula is C14H13N3O3S. The van der Waals surface area contributed by atoms with E-state index in [1.54, 1.807) is 29.7 Å². The second kappa shape index (κ2) is 5.10. The Hall–Kier alpha value is -2.54. The van der Waals surface area contributed by atoms with E-state index in [2.05, 4.69) is 4.98 Å². The molecule has 0 bridgehead atoms. The van der Waals surface area contributed by atoms with Gasteiger partial charge >= 0.3 is 5.97 Å². The SMILES string of the molecule is COc1ccc(N(C)c2nc3sccn3c2C(=O)O)cc1. The molecule has 1 aromatic carbocycles. The van der Waals surface area contributed by atoms with E-state index < -0.39 is 5.97 Å². The van der Waals surface area contributed by atoms with Gasteiger partial charge in [0.15, 0.2) is 16.5 Å². The van der Waals surface area contributed by atoms with Crippen molar-refractivity contribution in [2.24, 2.45) is 0 Å². The summed E-state index contributed by atoms with van der Waals surface area (Å²) in [5, 5.41) is 11.3. The number of imidazole rings is 1. The van der Waals surface area contributed by atoms with Gasteiger partial charge in [-0.1, -0.05) is 0 Å². The van der Waals surface area contributed by atoms with Gasteiger partial charge in [-0.15, -0.1) is 11.3 Å². The molecule has 0 unspecified atom stereocenters. The molecule has 21 heavy (non-hydrogen) atoms. The second-order valence-electron chi connectivity index (χ2n) is 4.40. The van der Waals surface area contributed by atoms with Crippen LogP contribution in [0.1, 0.15) is 10.5 Å². The van der Waals surface area contributed by atoms with Crippen molar-refractivity contribution in [2.45, 2.75) is 0 Å². The van der Waals surface area contributed by atoms with Crippen molar-refractivity contribution in [1.82, 2.24) is 9.38 Å². The lowest BCUT2D eigenvalue weighted by Gasteiger charge is -2.17. The smallest absolute Gasteiger partial charge is 0.356 e. The molecule has 0 aliphatic heterocycles. The van der Waals surface area contributed by atoms with E-state index in [-0.39, 0.29) is 5.69 Å². The van der Waals surface area contributed by atoms with Gasteiger partial charge in [0.25, 0.3) is 0 Å². The maximum absolute atomic E-state index is 11.5. The first-order valence-corrected chi connectivity index (χ1v) is 7.06. The van der Waals surface area contributed by atoms with Gasteiger partial charge in [0.1, 0.15) is 5.75 Å². The molecule has 0 radical (unpaired) electrons. The molecule has 0 aliphatic carbocycles. The van der Waals surface area contributed by atoms with Crippen LogP contribution in [0, 0.1) is 0 Å². The molecule has 7 heteroatoms. The number of fused-ring (bicyclic) bond motifs is 1. The highest BCUT2D eigenvalue weighted by Crippen LogP contribution is 2.30. The zero-order chi connectivity index (χ0) is 15.0. The number of aromatic nitrogens is 2. The van der Waals surface area contributed by atoms with E-state index in [4.69, 9.17) is 4.74 Å². The number of rotatable bonds is 4. The Kier molecular flexibility index (Phi) is 3.26. The Labute approximate surface area is 124 Å². The number of hydrogen-bond donors (Lipinski definition) is 1. The van der Waals surface area contributed by atoms with Crippen molar-refractivity contribution in [3.63, 3.8) is 0 Å². The highest BCUT2D eigenvalue weighted by Gasteiger charge is 2.22. The van der Waals surface area contributed by atoms with Crippen LogP contribution in [0.2, 0.25) is 0 Å². The second-order valence-corrected chi connectivity index (χ2v) is 5.27. The third-order valence-electron chi connectivity index (χ3n) is 3.22. The van der Waals surface area contributed by atoms with E-state index in [0.717, 1.165) is 11.4 Å². The predicted molar refractivity (Wildman–Crippen MR) is 81.1 cm³/mol. The van der Waals surface area contributed by atoms with E-state index in [1.807, 2.05) is 29.6 Å². The minimum Gasteiger partial charge on any atom is -0.497 e. The Morgan fingerprint density at radius 1 is 1.38 bits per heavy atom. The van der Waals surface area contributed by atoms with Gasteiger partial charge < -0.3 is 14.7 Å². The summed E-state index contributed by atoms with van der Waals surface area (Å²) in [7, 11) is 3.39. The van der Waals surface area contributed by atoms with Gasteiger partial charge in [0, 0.05) is 24.3 Å². The number of carbonyl (C=O) groups is 1. The normalized spacial score (nSPS) is 10.8. The van der Waals surface area contributed by atoms with E-state index in [1.165, 1.54) is 11.3 Å². The van der Waals surface area contributed by atoms with E-state index >= 15 is 0 Å². The lowest BCUT2D eigenvalue weighted by atomic mass is 10.2. The molecule has 0 spiro atoms. The van der Waals surface area contributed by atoms with Crippen LogP contribution < -0.4 is 9.64 Å². The Morgan fingerprint density at radius 2 is 2.10 bits per heavy atom. The first-order valence-electron chi connectivity index (χ1n) is 6.18. The fourth-order valence-corrected chi connectivity index (χ4v) is 2.84. The number of anilines is 2. The monoisotopic (exact) mass is 303 g/mol. The van der Waals surface area contributed by atoms with Crippen LogP contribution in [-0.4, -0.2) is 34.6 Å². The summed E-state index contributed by atoms with van der Waals surface area (Å²) in [6.45, 7) is 0. The molecule has 2 aromatic heterocycles. The summed E-state index contributed by atoms with van der Waals surface area (Å²) >= 11 is 1.40. The van der Waals surface area contributed by atoms with Gasteiger partial charge in [-0.05, 0) is 24.3 Å². The number of carboxylic acids is 1. The summed E-state index contributed by atoms with van der Waals surface area (Å²) < 4.78 is 6.71. The standard InChI is InChI=1S/C14H13N3O3S/c1-16(9-3-5-10(20-2)6-4-9)12-11(13(18)19)17-7-8-21-14(17)15-12/h3-8H,1-2H3,(H,18,19). The zero-order valence-electron chi connectivity index (χ0n) is 11.5. The summed E-state index contributed by atoms with van der Waals surface area (Å²) in [5.74, 6) is 0.159. The zero-order valence-corrected chi connectivity index (χ0v) is 12.3. The van der Waals surface area contributed by atoms with Crippen LogP contribution in [0.15, 0.2) is 35.8 Å². The molecule has 108 valence electrons. The summed E-state index contributed by atoms with van der Waals surface area (Å²) in [6.07, 6.45) is 1.71. The number of thiazole rings is 1. The van der Waals surface area contributed by atoms with Crippen LogP contribution in [-0.2, 0) is 0 Å². The van der Waals surface area contributed by atoms with E-state index in [0.29, 0.717) is 10.8 Å². The van der Waals surface area contributed by atoms with Crippen molar-refractivity contribution in [1.29, 1.82) is 0 Å². The third kappa shape index (κ3) is 2.21. The molecule has 0 atom stereocenters. The van der Waals surface area contributed by atoms with Gasteiger partial charge in [0.05, 0.1) is 7.11 Å². The average molecular weight is 303 g/mol. The number of carboxylic acid groups (broad SMARTS) is 1. The molecule has 1 N–H and O–H groups in total. The summed E-state index contributed by atoms with van der Waals surface area (Å²) in [6, 6.07) is 7.37. The Bertz CT molecular complexity index is 792. The first-order chi connectivity index (χ1) is 10.1. The maximum atomic E-state index is 11.5. The van der Waals surface area contributed by atoms with Gasteiger partial charge in [0.2, 0.25) is 0 Å². The van der Waals surface area contributed by atoms with Crippen LogP contribution in [0.5, 0.6) is 5.75 Å². The topological polar surface area (TPSA) is 67.1 Å².